The van der Waals surface area contributed by atoms with E-state index < -0.39 is 6.04 Å². The van der Waals surface area contributed by atoms with Crippen molar-refractivity contribution in [3.8, 4) is 6.07 Å². The Hall–Kier alpha value is -1.82. The smallest absolute Gasteiger partial charge is 0.252 e. The van der Waals surface area contributed by atoms with Crippen molar-refractivity contribution < 1.29 is 4.79 Å². The van der Waals surface area contributed by atoms with E-state index in [-0.39, 0.29) is 11.8 Å². The van der Waals surface area contributed by atoms with E-state index in [0.717, 1.165) is 12.0 Å². The molecule has 1 unspecified atom stereocenters. The molecule has 0 bridgehead atoms. The van der Waals surface area contributed by atoms with Crippen LogP contribution >= 0.6 is 0 Å². The van der Waals surface area contributed by atoms with Crippen molar-refractivity contribution in [2.45, 2.75) is 33.2 Å². The van der Waals surface area contributed by atoms with Gasteiger partial charge in [0.25, 0.3) is 5.91 Å². The predicted molar refractivity (Wildman–Crippen MR) is 67.5 cm³/mol. The molecule has 3 nitrogen and oxygen atoms in total. The van der Waals surface area contributed by atoms with Crippen molar-refractivity contribution in [1.82, 2.24) is 5.32 Å². The molecule has 0 radical (unpaired) electrons. The van der Waals surface area contributed by atoms with Crippen LogP contribution in [0.15, 0.2) is 24.3 Å². The second kappa shape index (κ2) is 6.05. The molecule has 90 valence electrons. The van der Waals surface area contributed by atoms with Crippen molar-refractivity contribution >= 4 is 5.91 Å². The maximum atomic E-state index is 12.0. The fourth-order valence-corrected chi connectivity index (χ4v) is 1.62. The number of benzene rings is 1. The normalized spacial score (nSPS) is 11.9. The molecule has 3 heteroatoms. The van der Waals surface area contributed by atoms with E-state index in [1.165, 1.54) is 0 Å². The molecule has 0 aliphatic carbocycles. The number of nitrogens with zero attached hydrogens (tertiary/aromatic N) is 1. The van der Waals surface area contributed by atoms with Gasteiger partial charge in [-0.2, -0.15) is 5.26 Å². The van der Waals surface area contributed by atoms with Gasteiger partial charge in [0.05, 0.1) is 6.07 Å². The number of rotatable bonds is 4. The number of amides is 1. The topological polar surface area (TPSA) is 52.9 Å². The first-order chi connectivity index (χ1) is 8.10. The lowest BCUT2D eigenvalue weighted by Crippen LogP contribution is -2.37. The molecule has 1 aromatic carbocycles. The van der Waals surface area contributed by atoms with Crippen molar-refractivity contribution in [3.63, 3.8) is 0 Å². The molecule has 1 atom stereocenters. The Morgan fingerprint density at radius 1 is 1.41 bits per heavy atom. The van der Waals surface area contributed by atoms with Gasteiger partial charge in [0.1, 0.15) is 6.04 Å². The van der Waals surface area contributed by atoms with Gasteiger partial charge in [-0.1, -0.05) is 39.0 Å². The zero-order valence-electron chi connectivity index (χ0n) is 10.5. The molecule has 17 heavy (non-hydrogen) atoms. The molecule has 1 N–H and O–H groups in total. The van der Waals surface area contributed by atoms with Crippen LogP contribution in [0.2, 0.25) is 0 Å². The molecule has 0 aliphatic rings. The number of nitriles is 1. The Morgan fingerprint density at radius 3 is 2.59 bits per heavy atom. The van der Waals surface area contributed by atoms with Crippen molar-refractivity contribution in [1.29, 1.82) is 5.26 Å². The largest absolute Gasteiger partial charge is 0.336 e. The molecule has 0 saturated heterocycles. The van der Waals surface area contributed by atoms with E-state index in [1.807, 2.05) is 39.0 Å². The average molecular weight is 230 g/mol. The van der Waals surface area contributed by atoms with Crippen LogP contribution in [-0.4, -0.2) is 11.9 Å². The average Bonchev–Trinajstić information content (AvgIpc) is 2.35. The Morgan fingerprint density at radius 2 is 2.06 bits per heavy atom. The molecule has 0 fully saturated rings. The van der Waals surface area contributed by atoms with Gasteiger partial charge in [-0.05, 0) is 24.0 Å². The molecule has 0 aromatic heterocycles. The lowest BCUT2D eigenvalue weighted by molar-refractivity contribution is 0.0936. The number of aryl methyl sites for hydroxylation is 1. The van der Waals surface area contributed by atoms with Crippen molar-refractivity contribution in [2.75, 3.05) is 0 Å². The summed E-state index contributed by atoms with van der Waals surface area (Å²) in [7, 11) is 0. The van der Waals surface area contributed by atoms with Crippen LogP contribution in [0.25, 0.3) is 0 Å². The summed E-state index contributed by atoms with van der Waals surface area (Å²) in [5, 5.41) is 11.7. The third kappa shape index (κ3) is 3.32. The second-order valence-electron chi connectivity index (χ2n) is 4.33. The second-order valence-corrected chi connectivity index (χ2v) is 4.33. The highest BCUT2D eigenvalue weighted by molar-refractivity contribution is 5.96. The van der Waals surface area contributed by atoms with Gasteiger partial charge in [-0.3, -0.25) is 4.79 Å². The van der Waals surface area contributed by atoms with Gasteiger partial charge >= 0.3 is 0 Å². The maximum Gasteiger partial charge on any atom is 0.252 e. The molecule has 0 saturated carbocycles. The summed E-state index contributed by atoms with van der Waals surface area (Å²) in [5.41, 5.74) is 1.67. The van der Waals surface area contributed by atoms with Gasteiger partial charge in [0.15, 0.2) is 0 Å². The summed E-state index contributed by atoms with van der Waals surface area (Å²) in [4.78, 5) is 12.0. The highest BCUT2D eigenvalue weighted by Gasteiger charge is 2.17. The molecular formula is C14H18N2O. The molecular weight excluding hydrogens is 212 g/mol. The number of hydrogen-bond acceptors (Lipinski definition) is 2. The SMILES string of the molecule is CCc1ccccc1C(=O)NC(C#N)C(C)C. The van der Waals surface area contributed by atoms with Crippen molar-refractivity contribution in [3.05, 3.63) is 35.4 Å². The first kappa shape index (κ1) is 13.2. The highest BCUT2D eigenvalue weighted by Crippen LogP contribution is 2.10. The quantitative estimate of drug-likeness (QED) is 0.864. The van der Waals surface area contributed by atoms with E-state index in [1.54, 1.807) is 6.07 Å². The molecule has 1 rings (SSSR count). The molecule has 0 aliphatic heterocycles. The predicted octanol–water partition coefficient (Wildman–Crippen LogP) is 2.53. The number of hydrogen-bond donors (Lipinski definition) is 1. The minimum absolute atomic E-state index is 0.109. The Bertz CT molecular complexity index is 432. The Balaban J connectivity index is 2.87. The fourth-order valence-electron chi connectivity index (χ4n) is 1.62. The van der Waals surface area contributed by atoms with Gasteiger partial charge in [-0.15, -0.1) is 0 Å². The number of nitrogens with one attached hydrogen (secondary N) is 1. The molecule has 0 spiro atoms. The van der Waals surface area contributed by atoms with E-state index >= 15 is 0 Å². The summed E-state index contributed by atoms with van der Waals surface area (Å²) in [6, 6.07) is 9.16. The first-order valence-corrected chi connectivity index (χ1v) is 5.88. The van der Waals surface area contributed by atoms with Crippen LogP contribution in [0.3, 0.4) is 0 Å². The van der Waals surface area contributed by atoms with Crippen LogP contribution in [0.1, 0.15) is 36.7 Å². The summed E-state index contributed by atoms with van der Waals surface area (Å²) >= 11 is 0. The monoisotopic (exact) mass is 230 g/mol. The molecule has 1 aromatic rings. The van der Waals surface area contributed by atoms with Crippen LogP contribution in [-0.2, 0) is 6.42 Å². The zero-order chi connectivity index (χ0) is 12.8. The van der Waals surface area contributed by atoms with Gasteiger partial charge < -0.3 is 5.32 Å². The van der Waals surface area contributed by atoms with E-state index in [0.29, 0.717) is 5.56 Å². The van der Waals surface area contributed by atoms with E-state index in [9.17, 15) is 4.79 Å². The van der Waals surface area contributed by atoms with Crippen LogP contribution in [0, 0.1) is 17.2 Å². The lowest BCUT2D eigenvalue weighted by atomic mass is 10.0. The van der Waals surface area contributed by atoms with E-state index in [2.05, 4.69) is 11.4 Å². The van der Waals surface area contributed by atoms with Crippen LogP contribution < -0.4 is 5.32 Å². The summed E-state index contributed by atoms with van der Waals surface area (Å²) in [5.74, 6) is -0.0551. The zero-order valence-corrected chi connectivity index (χ0v) is 10.5. The lowest BCUT2D eigenvalue weighted by Gasteiger charge is -2.16. The van der Waals surface area contributed by atoms with Crippen molar-refractivity contribution in [2.24, 2.45) is 5.92 Å². The van der Waals surface area contributed by atoms with E-state index in [4.69, 9.17) is 5.26 Å². The van der Waals surface area contributed by atoms with Gasteiger partial charge in [0, 0.05) is 5.56 Å². The molecule has 1 amide bonds. The minimum atomic E-state index is -0.438. The third-order valence-electron chi connectivity index (χ3n) is 2.74. The van der Waals surface area contributed by atoms with Crippen LogP contribution in [0.5, 0.6) is 0 Å². The van der Waals surface area contributed by atoms with Gasteiger partial charge in [-0.25, -0.2) is 0 Å². The standard InChI is InChI=1S/C14H18N2O/c1-4-11-7-5-6-8-12(11)14(17)16-13(9-15)10(2)3/h5-8,10,13H,4H2,1-3H3,(H,16,17). The highest BCUT2D eigenvalue weighted by atomic mass is 16.1. The van der Waals surface area contributed by atoms with Gasteiger partial charge in [0.2, 0.25) is 0 Å². The summed E-state index contributed by atoms with van der Waals surface area (Å²) in [6.07, 6.45) is 0.808. The molecule has 0 heterocycles. The number of carbonyl (C=O) groups is 1. The summed E-state index contributed by atoms with van der Waals surface area (Å²) in [6.45, 7) is 5.84. The Labute approximate surface area is 102 Å². The number of carbonyl (C=O) groups excluding carboxylic acids is 1. The third-order valence-corrected chi connectivity index (χ3v) is 2.74. The Kier molecular flexibility index (Phi) is 4.71. The first-order valence-electron chi connectivity index (χ1n) is 5.88. The fraction of sp³-hybridized carbons (Fsp3) is 0.429. The minimum Gasteiger partial charge on any atom is -0.336 e. The maximum absolute atomic E-state index is 12.0. The summed E-state index contributed by atoms with van der Waals surface area (Å²) < 4.78 is 0. The van der Waals surface area contributed by atoms with Crippen LogP contribution in [0.4, 0.5) is 0 Å².